The van der Waals surface area contributed by atoms with Crippen molar-refractivity contribution in [2.75, 3.05) is 26.2 Å². The molecule has 1 aromatic heterocycles. The molecule has 5 rings (SSSR count). The van der Waals surface area contributed by atoms with Gasteiger partial charge in [0.1, 0.15) is 5.82 Å². The molecule has 39 heavy (non-hydrogen) atoms. The molecule has 0 saturated carbocycles. The molecule has 2 amide bonds. The summed E-state index contributed by atoms with van der Waals surface area (Å²) >= 11 is 0. The number of benzene rings is 3. The molecular formula is C29H28N6O4. The summed E-state index contributed by atoms with van der Waals surface area (Å²) in [5, 5.41) is 7.34. The van der Waals surface area contributed by atoms with Crippen molar-refractivity contribution in [1.82, 2.24) is 25.0 Å². The summed E-state index contributed by atoms with van der Waals surface area (Å²) in [6, 6.07) is 23.0. The van der Waals surface area contributed by atoms with Gasteiger partial charge in [-0.3, -0.25) is 4.79 Å². The van der Waals surface area contributed by atoms with Crippen LogP contribution in [0.5, 0.6) is 0 Å². The summed E-state index contributed by atoms with van der Waals surface area (Å²) in [7, 11) is 0. The lowest BCUT2D eigenvalue weighted by atomic mass is 9.94. The minimum Gasteiger partial charge on any atom is -0.372 e. The zero-order valence-electron chi connectivity index (χ0n) is 21.5. The van der Waals surface area contributed by atoms with Gasteiger partial charge in [0.25, 0.3) is 5.91 Å². The normalized spacial score (nSPS) is 13.2. The number of carbonyl (C=O) groups is 3. The van der Waals surface area contributed by atoms with Gasteiger partial charge in [0.2, 0.25) is 5.82 Å². The van der Waals surface area contributed by atoms with Gasteiger partial charge in [0, 0.05) is 26.2 Å². The van der Waals surface area contributed by atoms with Crippen molar-refractivity contribution in [2.45, 2.75) is 13.3 Å². The molecule has 198 valence electrons. The Labute approximate surface area is 225 Å². The molecule has 1 saturated heterocycles. The fourth-order valence-electron chi connectivity index (χ4n) is 4.51. The number of aromatic nitrogens is 3. The molecule has 0 radical (unpaired) electrons. The summed E-state index contributed by atoms with van der Waals surface area (Å²) in [6.07, 6.45) is 0.0664. The van der Waals surface area contributed by atoms with Crippen LogP contribution in [0.3, 0.4) is 0 Å². The van der Waals surface area contributed by atoms with E-state index in [1.807, 2.05) is 54.6 Å². The van der Waals surface area contributed by atoms with Crippen molar-refractivity contribution < 1.29 is 19.1 Å². The first-order chi connectivity index (χ1) is 18.9. The highest BCUT2D eigenvalue weighted by Gasteiger charge is 2.21. The van der Waals surface area contributed by atoms with E-state index < -0.39 is 18.0 Å². The van der Waals surface area contributed by atoms with Crippen molar-refractivity contribution in [3.63, 3.8) is 0 Å². The number of piperazine rings is 1. The number of aryl methyl sites for hydroxylation is 1. The smallest absolute Gasteiger partial charge is 0.372 e. The van der Waals surface area contributed by atoms with Gasteiger partial charge in [-0.2, -0.15) is 0 Å². The van der Waals surface area contributed by atoms with Gasteiger partial charge < -0.3 is 20.7 Å². The Morgan fingerprint density at radius 3 is 2.31 bits per heavy atom. The quantitative estimate of drug-likeness (QED) is 0.293. The second kappa shape index (κ2) is 11.3. The number of esters is 1. The maximum absolute atomic E-state index is 12.5. The number of amides is 2. The van der Waals surface area contributed by atoms with E-state index in [0.29, 0.717) is 44.0 Å². The second-order valence-electron chi connectivity index (χ2n) is 9.23. The number of carbonyl (C=O) groups excluding carboxylic acids is 3. The first-order valence-electron chi connectivity index (χ1n) is 12.6. The Bertz CT molecular complexity index is 1510. The van der Waals surface area contributed by atoms with Crippen molar-refractivity contribution in [2.24, 2.45) is 5.73 Å². The Morgan fingerprint density at radius 2 is 1.64 bits per heavy atom. The number of hydrogen-bond donors (Lipinski definition) is 2. The summed E-state index contributed by atoms with van der Waals surface area (Å²) in [5.41, 5.74) is 10.6. The van der Waals surface area contributed by atoms with Crippen LogP contribution in [-0.2, 0) is 11.2 Å². The maximum Gasteiger partial charge on any atom is 0.417 e. The van der Waals surface area contributed by atoms with Gasteiger partial charge in [-0.25, -0.2) is 19.3 Å². The lowest BCUT2D eigenvalue weighted by Crippen LogP contribution is -2.47. The minimum absolute atomic E-state index is 0.0177. The average Bonchev–Trinajstić information content (AvgIpc) is 3.36. The van der Waals surface area contributed by atoms with Crippen LogP contribution in [0.25, 0.3) is 16.8 Å². The topological polar surface area (TPSA) is 132 Å². The highest BCUT2D eigenvalue weighted by atomic mass is 16.6. The SMILES string of the molecule is Cc1nc(C(N)=O)nn1-c1ccc(Cc2ccccc2-c2ccc(C(=O)OC(=O)N3CCNCC3)cc2)cc1. The molecule has 4 aromatic rings. The molecule has 0 bridgehead atoms. The molecule has 1 fully saturated rings. The second-order valence-corrected chi connectivity index (χ2v) is 9.23. The van der Waals surface area contributed by atoms with E-state index in [9.17, 15) is 14.4 Å². The molecule has 0 unspecified atom stereocenters. The standard InChI is InChI=1S/C29H28N6O4/c1-19-32-27(26(30)36)33-35(19)24-12-6-20(7-13-24)18-23-4-2-3-5-25(23)21-8-10-22(11-9-21)28(37)39-29(38)34-16-14-31-15-17-34/h2-13,31H,14-18H2,1H3,(H2,30,36). The predicted molar refractivity (Wildman–Crippen MR) is 145 cm³/mol. The Balaban J connectivity index is 1.29. The van der Waals surface area contributed by atoms with E-state index in [1.165, 1.54) is 4.90 Å². The predicted octanol–water partition coefficient (Wildman–Crippen LogP) is 3.11. The molecule has 1 aliphatic rings. The minimum atomic E-state index is -0.668. The van der Waals surface area contributed by atoms with E-state index in [1.54, 1.807) is 23.7 Å². The van der Waals surface area contributed by atoms with Gasteiger partial charge in [-0.05, 0) is 59.9 Å². The molecule has 0 aliphatic carbocycles. The third-order valence-electron chi connectivity index (χ3n) is 6.57. The van der Waals surface area contributed by atoms with Crippen LogP contribution in [0.4, 0.5) is 4.79 Å². The number of hydrogen-bond acceptors (Lipinski definition) is 7. The highest BCUT2D eigenvalue weighted by Crippen LogP contribution is 2.27. The van der Waals surface area contributed by atoms with Gasteiger partial charge in [0.05, 0.1) is 11.3 Å². The lowest BCUT2D eigenvalue weighted by molar-refractivity contribution is 0.0532. The van der Waals surface area contributed by atoms with Gasteiger partial charge in [0.15, 0.2) is 0 Å². The van der Waals surface area contributed by atoms with Gasteiger partial charge in [-0.1, -0.05) is 48.5 Å². The van der Waals surface area contributed by atoms with Crippen LogP contribution in [0.2, 0.25) is 0 Å². The van der Waals surface area contributed by atoms with Crippen LogP contribution < -0.4 is 11.1 Å². The molecular weight excluding hydrogens is 496 g/mol. The highest BCUT2D eigenvalue weighted by molar-refractivity contribution is 5.96. The van der Waals surface area contributed by atoms with Crippen molar-refractivity contribution >= 4 is 18.0 Å². The van der Waals surface area contributed by atoms with E-state index in [4.69, 9.17) is 10.5 Å². The number of primary amides is 1. The molecule has 10 heteroatoms. The third-order valence-corrected chi connectivity index (χ3v) is 6.57. The zero-order valence-corrected chi connectivity index (χ0v) is 21.5. The van der Waals surface area contributed by atoms with Crippen LogP contribution in [0.15, 0.2) is 72.8 Å². The number of ether oxygens (including phenoxy) is 1. The third kappa shape index (κ3) is 5.86. The van der Waals surface area contributed by atoms with Crippen molar-refractivity contribution in [3.8, 4) is 16.8 Å². The van der Waals surface area contributed by atoms with E-state index in [-0.39, 0.29) is 5.82 Å². The Kier molecular flexibility index (Phi) is 7.46. The molecule has 1 aliphatic heterocycles. The number of nitrogens with two attached hydrogens (primary N) is 1. The molecule has 3 N–H and O–H groups in total. The molecule has 10 nitrogen and oxygen atoms in total. The first kappa shape index (κ1) is 25.8. The first-order valence-corrected chi connectivity index (χ1v) is 12.6. The van der Waals surface area contributed by atoms with E-state index in [2.05, 4.69) is 21.5 Å². The van der Waals surface area contributed by atoms with E-state index in [0.717, 1.165) is 27.9 Å². The number of rotatable bonds is 6. The largest absolute Gasteiger partial charge is 0.417 e. The van der Waals surface area contributed by atoms with E-state index >= 15 is 0 Å². The van der Waals surface area contributed by atoms with Crippen LogP contribution in [0, 0.1) is 6.92 Å². The fourth-order valence-corrected chi connectivity index (χ4v) is 4.51. The molecule has 3 aromatic carbocycles. The molecule has 0 atom stereocenters. The number of nitrogens with zero attached hydrogens (tertiary/aromatic N) is 4. The lowest BCUT2D eigenvalue weighted by Gasteiger charge is -2.25. The van der Waals surface area contributed by atoms with Crippen LogP contribution >= 0.6 is 0 Å². The molecule has 2 heterocycles. The molecule has 0 spiro atoms. The van der Waals surface area contributed by atoms with Crippen molar-refractivity contribution in [3.05, 3.63) is 101 Å². The summed E-state index contributed by atoms with van der Waals surface area (Å²) in [6.45, 7) is 4.16. The fraction of sp³-hybridized carbons (Fsp3) is 0.207. The van der Waals surface area contributed by atoms with Gasteiger partial charge >= 0.3 is 12.1 Å². The van der Waals surface area contributed by atoms with Crippen LogP contribution in [0.1, 0.15) is 37.9 Å². The maximum atomic E-state index is 12.5. The summed E-state index contributed by atoms with van der Waals surface area (Å²) in [4.78, 5) is 41.8. The summed E-state index contributed by atoms with van der Waals surface area (Å²) < 4.78 is 6.66. The van der Waals surface area contributed by atoms with Crippen LogP contribution in [-0.4, -0.2) is 63.8 Å². The Morgan fingerprint density at radius 1 is 0.949 bits per heavy atom. The zero-order chi connectivity index (χ0) is 27.4. The van der Waals surface area contributed by atoms with Crippen molar-refractivity contribution in [1.29, 1.82) is 0 Å². The summed E-state index contributed by atoms with van der Waals surface area (Å²) in [5.74, 6) is -0.777. The number of nitrogens with one attached hydrogen (secondary N) is 1. The van der Waals surface area contributed by atoms with Gasteiger partial charge in [-0.15, -0.1) is 5.10 Å². The monoisotopic (exact) mass is 524 g/mol. The Hall–Kier alpha value is -4.83. The average molecular weight is 525 g/mol.